The summed E-state index contributed by atoms with van der Waals surface area (Å²) in [5.74, 6) is 0.920. The van der Waals surface area contributed by atoms with Gasteiger partial charge in [-0.3, -0.25) is 4.79 Å². The van der Waals surface area contributed by atoms with Crippen LogP contribution in [-0.4, -0.2) is 37.8 Å². The van der Waals surface area contributed by atoms with Crippen LogP contribution < -0.4 is 4.74 Å². The minimum absolute atomic E-state index is 0.114. The number of carbonyl (C=O) groups excluding carboxylic acids is 1. The van der Waals surface area contributed by atoms with Gasteiger partial charge in [0.1, 0.15) is 12.5 Å². The Morgan fingerprint density at radius 3 is 2.75 bits per heavy atom. The Morgan fingerprint density at radius 1 is 1.44 bits per heavy atom. The standard InChI is InChI=1S/C12H15NO3/c1-15-11-4-2-10(3-5-11)8-12(14)13-6-7-16-9-13/h2-5H,6-9H2,1H3. The van der Waals surface area contributed by atoms with Gasteiger partial charge >= 0.3 is 0 Å². The predicted molar refractivity (Wildman–Crippen MR) is 59.2 cm³/mol. The van der Waals surface area contributed by atoms with Gasteiger partial charge in [-0.05, 0) is 17.7 Å². The predicted octanol–water partition coefficient (Wildman–Crippen LogP) is 1.05. The first-order chi connectivity index (χ1) is 7.79. The van der Waals surface area contributed by atoms with Crippen molar-refractivity contribution in [3.63, 3.8) is 0 Å². The number of nitrogens with zero attached hydrogens (tertiary/aromatic N) is 1. The Morgan fingerprint density at radius 2 is 2.19 bits per heavy atom. The van der Waals surface area contributed by atoms with Gasteiger partial charge in [0.05, 0.1) is 20.1 Å². The first-order valence-corrected chi connectivity index (χ1v) is 5.28. The van der Waals surface area contributed by atoms with Gasteiger partial charge in [-0.25, -0.2) is 0 Å². The van der Waals surface area contributed by atoms with Crippen LogP contribution in [0.5, 0.6) is 5.75 Å². The van der Waals surface area contributed by atoms with Crippen molar-refractivity contribution in [1.29, 1.82) is 0 Å². The molecule has 0 spiro atoms. The minimum atomic E-state index is 0.114. The average molecular weight is 221 g/mol. The zero-order chi connectivity index (χ0) is 11.4. The van der Waals surface area contributed by atoms with Crippen molar-refractivity contribution in [3.05, 3.63) is 29.8 Å². The SMILES string of the molecule is COc1ccc(CC(=O)N2CCOC2)cc1. The molecule has 1 saturated heterocycles. The Balaban J connectivity index is 1.94. The number of methoxy groups -OCH3 is 1. The van der Waals surface area contributed by atoms with E-state index >= 15 is 0 Å². The molecule has 0 saturated carbocycles. The summed E-state index contributed by atoms with van der Waals surface area (Å²) in [6.45, 7) is 1.78. The van der Waals surface area contributed by atoms with Crippen LogP contribution in [0.25, 0.3) is 0 Å². The molecule has 16 heavy (non-hydrogen) atoms. The molecule has 86 valence electrons. The summed E-state index contributed by atoms with van der Waals surface area (Å²) >= 11 is 0. The Bertz CT molecular complexity index is 355. The van der Waals surface area contributed by atoms with Gasteiger partial charge in [-0.2, -0.15) is 0 Å². The van der Waals surface area contributed by atoms with Gasteiger partial charge in [0, 0.05) is 6.54 Å². The van der Waals surface area contributed by atoms with Gasteiger partial charge in [0.15, 0.2) is 0 Å². The average Bonchev–Trinajstić information content (AvgIpc) is 2.83. The van der Waals surface area contributed by atoms with Gasteiger partial charge in [0.25, 0.3) is 0 Å². The summed E-state index contributed by atoms with van der Waals surface area (Å²) in [5, 5.41) is 0. The lowest BCUT2D eigenvalue weighted by Gasteiger charge is -2.13. The molecule has 0 unspecified atom stereocenters. The molecule has 1 aliphatic rings. The number of hydrogen-bond donors (Lipinski definition) is 0. The van der Waals surface area contributed by atoms with Crippen molar-refractivity contribution >= 4 is 5.91 Å². The third kappa shape index (κ3) is 2.52. The minimum Gasteiger partial charge on any atom is -0.497 e. The van der Waals surface area contributed by atoms with Gasteiger partial charge in [-0.1, -0.05) is 12.1 Å². The third-order valence-electron chi connectivity index (χ3n) is 2.62. The molecular weight excluding hydrogens is 206 g/mol. The zero-order valence-corrected chi connectivity index (χ0v) is 9.31. The van der Waals surface area contributed by atoms with Crippen molar-refractivity contribution in [1.82, 2.24) is 4.90 Å². The fraction of sp³-hybridized carbons (Fsp3) is 0.417. The summed E-state index contributed by atoms with van der Waals surface area (Å²) in [4.78, 5) is 13.5. The van der Waals surface area contributed by atoms with E-state index in [1.54, 1.807) is 12.0 Å². The first-order valence-electron chi connectivity index (χ1n) is 5.28. The molecule has 4 heteroatoms. The highest BCUT2D eigenvalue weighted by Gasteiger charge is 2.18. The van der Waals surface area contributed by atoms with E-state index in [9.17, 15) is 4.79 Å². The van der Waals surface area contributed by atoms with Crippen molar-refractivity contribution in [2.45, 2.75) is 6.42 Å². The van der Waals surface area contributed by atoms with Crippen molar-refractivity contribution in [2.75, 3.05) is 27.0 Å². The normalized spacial score (nSPS) is 15.2. The van der Waals surface area contributed by atoms with E-state index in [-0.39, 0.29) is 5.91 Å². The van der Waals surface area contributed by atoms with E-state index in [1.165, 1.54) is 0 Å². The second-order valence-corrected chi connectivity index (χ2v) is 3.72. The molecule has 4 nitrogen and oxygen atoms in total. The fourth-order valence-corrected chi connectivity index (χ4v) is 1.64. The second kappa shape index (κ2) is 4.99. The lowest BCUT2D eigenvalue weighted by molar-refractivity contribution is -0.130. The molecule has 1 fully saturated rings. The van der Waals surface area contributed by atoms with Crippen molar-refractivity contribution in [2.24, 2.45) is 0 Å². The van der Waals surface area contributed by atoms with Gasteiger partial charge < -0.3 is 14.4 Å². The molecule has 0 atom stereocenters. The summed E-state index contributed by atoms with van der Waals surface area (Å²) in [6, 6.07) is 7.55. The number of ether oxygens (including phenoxy) is 2. The summed E-state index contributed by atoms with van der Waals surface area (Å²) in [6.07, 6.45) is 0.424. The number of hydrogen-bond acceptors (Lipinski definition) is 3. The third-order valence-corrected chi connectivity index (χ3v) is 2.62. The molecule has 0 aliphatic carbocycles. The number of carbonyl (C=O) groups is 1. The largest absolute Gasteiger partial charge is 0.497 e. The highest BCUT2D eigenvalue weighted by Crippen LogP contribution is 2.13. The fourth-order valence-electron chi connectivity index (χ4n) is 1.64. The van der Waals surface area contributed by atoms with Crippen LogP contribution in [0, 0.1) is 0 Å². The molecule has 1 aromatic carbocycles. The van der Waals surface area contributed by atoms with Crippen molar-refractivity contribution < 1.29 is 14.3 Å². The van der Waals surface area contributed by atoms with E-state index in [0.29, 0.717) is 26.3 Å². The van der Waals surface area contributed by atoms with Crippen LogP contribution in [0.3, 0.4) is 0 Å². The molecule has 0 radical (unpaired) electrons. The van der Waals surface area contributed by atoms with Crippen LogP contribution in [0.1, 0.15) is 5.56 Å². The van der Waals surface area contributed by atoms with Crippen LogP contribution in [0.2, 0.25) is 0 Å². The van der Waals surface area contributed by atoms with E-state index in [4.69, 9.17) is 9.47 Å². The maximum atomic E-state index is 11.8. The molecule has 1 aliphatic heterocycles. The molecule has 1 aromatic rings. The van der Waals surface area contributed by atoms with Crippen molar-refractivity contribution in [3.8, 4) is 5.75 Å². The van der Waals surface area contributed by atoms with E-state index in [2.05, 4.69) is 0 Å². The molecule has 1 amide bonds. The van der Waals surface area contributed by atoms with Crippen LogP contribution in [0.15, 0.2) is 24.3 Å². The molecular formula is C12H15NO3. The summed E-state index contributed by atoms with van der Waals surface area (Å²) < 4.78 is 10.2. The smallest absolute Gasteiger partial charge is 0.228 e. The quantitative estimate of drug-likeness (QED) is 0.766. The summed E-state index contributed by atoms with van der Waals surface area (Å²) in [7, 11) is 1.63. The van der Waals surface area contributed by atoms with Gasteiger partial charge in [0.2, 0.25) is 5.91 Å². The maximum absolute atomic E-state index is 11.8. The molecule has 0 bridgehead atoms. The zero-order valence-electron chi connectivity index (χ0n) is 9.31. The van der Waals surface area contributed by atoms with Crippen LogP contribution in [-0.2, 0) is 16.0 Å². The highest BCUT2D eigenvalue weighted by molar-refractivity contribution is 5.78. The topological polar surface area (TPSA) is 38.8 Å². The van der Waals surface area contributed by atoms with E-state index in [0.717, 1.165) is 11.3 Å². The Hall–Kier alpha value is -1.55. The van der Waals surface area contributed by atoms with Crippen LogP contribution >= 0.6 is 0 Å². The Labute approximate surface area is 94.8 Å². The molecule has 1 heterocycles. The molecule has 0 N–H and O–H groups in total. The van der Waals surface area contributed by atoms with Gasteiger partial charge in [-0.15, -0.1) is 0 Å². The lowest BCUT2D eigenvalue weighted by Crippen LogP contribution is -2.29. The maximum Gasteiger partial charge on any atom is 0.228 e. The highest BCUT2D eigenvalue weighted by atomic mass is 16.5. The van der Waals surface area contributed by atoms with E-state index in [1.807, 2.05) is 24.3 Å². The number of benzene rings is 1. The summed E-state index contributed by atoms with van der Waals surface area (Å²) in [5.41, 5.74) is 0.998. The number of rotatable bonds is 3. The van der Waals surface area contributed by atoms with E-state index < -0.39 is 0 Å². The monoisotopic (exact) mass is 221 g/mol. The second-order valence-electron chi connectivity index (χ2n) is 3.72. The lowest BCUT2D eigenvalue weighted by atomic mass is 10.1. The number of amides is 1. The van der Waals surface area contributed by atoms with Crippen LogP contribution in [0.4, 0.5) is 0 Å². The first kappa shape index (κ1) is 11.0. The molecule has 2 rings (SSSR count). The molecule has 0 aromatic heterocycles. The Kier molecular flexibility index (Phi) is 3.41.